The lowest BCUT2D eigenvalue weighted by molar-refractivity contribution is 0.0696. The molecule has 0 saturated carbocycles. The molecule has 6 heteroatoms. The molecule has 0 fully saturated rings. The van der Waals surface area contributed by atoms with Gasteiger partial charge in [0.15, 0.2) is 0 Å². The van der Waals surface area contributed by atoms with E-state index in [0.717, 1.165) is 24.3 Å². The Morgan fingerprint density at radius 2 is 2.12 bits per heavy atom. The molecule has 130 valence electrons. The van der Waals surface area contributed by atoms with Crippen LogP contribution in [0.3, 0.4) is 0 Å². The van der Waals surface area contributed by atoms with Gasteiger partial charge in [0.25, 0.3) is 5.91 Å². The molecule has 2 aromatic rings. The first kappa shape index (κ1) is 17.4. The minimum Gasteiger partial charge on any atom is -0.478 e. The summed E-state index contributed by atoms with van der Waals surface area (Å²) in [6.07, 6.45) is 6.02. The third-order valence-electron chi connectivity index (χ3n) is 4.52. The quantitative estimate of drug-likeness (QED) is 0.633. The van der Waals surface area contributed by atoms with E-state index in [2.05, 4.69) is 17.5 Å². The van der Waals surface area contributed by atoms with Gasteiger partial charge in [-0.05, 0) is 54.5 Å². The smallest absolute Gasteiger partial charge is 0.335 e. The molecule has 2 N–H and O–H groups in total. The Balaban J connectivity index is 1.61. The molecule has 5 nitrogen and oxygen atoms in total. The number of amides is 1. The van der Waals surface area contributed by atoms with Gasteiger partial charge < -0.3 is 5.11 Å². The van der Waals surface area contributed by atoms with Crippen LogP contribution in [0.1, 0.15) is 55.8 Å². The monoisotopic (exact) mass is 356 g/mol. The minimum absolute atomic E-state index is 0.203. The number of rotatable bonds is 5. The molecule has 1 aromatic carbocycles. The van der Waals surface area contributed by atoms with Gasteiger partial charge in [-0.25, -0.2) is 10.2 Å². The third kappa shape index (κ3) is 4.14. The second-order valence-corrected chi connectivity index (χ2v) is 7.34. The van der Waals surface area contributed by atoms with Crippen LogP contribution in [0.25, 0.3) is 0 Å². The molecule has 0 aliphatic heterocycles. The average Bonchev–Trinajstić information content (AvgIpc) is 3.05. The number of hydrogen-bond donors (Lipinski definition) is 2. The lowest BCUT2D eigenvalue weighted by Gasteiger charge is -2.19. The van der Waals surface area contributed by atoms with E-state index in [1.807, 2.05) is 6.07 Å². The van der Waals surface area contributed by atoms with Gasteiger partial charge in [-0.1, -0.05) is 25.5 Å². The van der Waals surface area contributed by atoms with E-state index in [4.69, 9.17) is 5.11 Å². The standard InChI is InChI=1S/C19H20N2O3S/c1-2-12-5-8-16-15(9-12)10-17(25-16)18(22)21-20-11-13-3-6-14(7-4-13)19(23)24/h3-4,6-7,10-12H,2,5,8-9H2,1H3,(H,21,22)(H,23,24)/b20-11-/t12-/m0/s1. The van der Waals surface area contributed by atoms with Crippen LogP contribution in [0.5, 0.6) is 0 Å². The molecule has 1 heterocycles. The summed E-state index contributed by atoms with van der Waals surface area (Å²) >= 11 is 1.56. The molecular formula is C19H20N2O3S. The Morgan fingerprint density at radius 3 is 2.80 bits per heavy atom. The second kappa shape index (κ2) is 7.61. The first-order chi connectivity index (χ1) is 12.1. The number of carbonyl (C=O) groups excluding carboxylic acids is 1. The average molecular weight is 356 g/mol. The number of fused-ring (bicyclic) bond motifs is 1. The highest BCUT2D eigenvalue weighted by atomic mass is 32.1. The van der Waals surface area contributed by atoms with Gasteiger partial charge in [0, 0.05) is 4.88 Å². The SMILES string of the molecule is CC[C@H]1CCc2sc(C(=O)N/N=C\c3ccc(C(=O)O)cc3)cc2C1. The van der Waals surface area contributed by atoms with E-state index in [9.17, 15) is 9.59 Å². The molecule has 0 bridgehead atoms. The van der Waals surface area contributed by atoms with E-state index in [0.29, 0.717) is 4.88 Å². The molecule has 0 radical (unpaired) electrons. The highest BCUT2D eigenvalue weighted by Gasteiger charge is 2.21. The van der Waals surface area contributed by atoms with Crippen molar-refractivity contribution in [1.29, 1.82) is 0 Å². The summed E-state index contributed by atoms with van der Waals surface area (Å²) in [4.78, 5) is 25.1. The number of carboxylic acid groups (broad SMARTS) is 1. The maximum atomic E-state index is 12.3. The summed E-state index contributed by atoms with van der Waals surface area (Å²) in [7, 11) is 0. The van der Waals surface area contributed by atoms with Gasteiger partial charge in [0.2, 0.25) is 0 Å². The molecule has 0 spiro atoms. The number of aromatic carboxylic acids is 1. The van der Waals surface area contributed by atoms with Gasteiger partial charge in [-0.2, -0.15) is 5.10 Å². The van der Waals surface area contributed by atoms with Gasteiger partial charge in [0.1, 0.15) is 0 Å². The van der Waals surface area contributed by atoms with Crippen molar-refractivity contribution in [3.8, 4) is 0 Å². The summed E-state index contributed by atoms with van der Waals surface area (Å²) in [5.74, 6) is -0.445. The number of nitrogens with zero attached hydrogens (tertiary/aromatic N) is 1. The number of thiophene rings is 1. The molecule has 1 aliphatic rings. The summed E-state index contributed by atoms with van der Waals surface area (Å²) in [6, 6.07) is 8.29. The van der Waals surface area contributed by atoms with E-state index >= 15 is 0 Å². The fraction of sp³-hybridized carbons (Fsp3) is 0.316. The Kier molecular flexibility index (Phi) is 5.28. The van der Waals surface area contributed by atoms with Crippen molar-refractivity contribution in [2.24, 2.45) is 11.0 Å². The van der Waals surface area contributed by atoms with Crippen LogP contribution < -0.4 is 5.43 Å². The third-order valence-corrected chi connectivity index (χ3v) is 5.76. The van der Waals surface area contributed by atoms with Crippen LogP contribution in [0.4, 0.5) is 0 Å². The van der Waals surface area contributed by atoms with Gasteiger partial charge in [-0.15, -0.1) is 11.3 Å². The zero-order chi connectivity index (χ0) is 17.8. The van der Waals surface area contributed by atoms with Crippen molar-refractivity contribution in [2.45, 2.75) is 32.6 Å². The van der Waals surface area contributed by atoms with Crippen LogP contribution >= 0.6 is 11.3 Å². The maximum absolute atomic E-state index is 12.3. The largest absolute Gasteiger partial charge is 0.478 e. The van der Waals surface area contributed by atoms with Crippen molar-refractivity contribution in [3.05, 3.63) is 56.8 Å². The lowest BCUT2D eigenvalue weighted by Crippen LogP contribution is -2.16. The number of nitrogens with one attached hydrogen (secondary N) is 1. The summed E-state index contributed by atoms with van der Waals surface area (Å²) < 4.78 is 0. The highest BCUT2D eigenvalue weighted by Crippen LogP contribution is 2.33. The fourth-order valence-corrected chi connectivity index (χ4v) is 4.09. The summed E-state index contributed by atoms with van der Waals surface area (Å²) in [6.45, 7) is 2.22. The van der Waals surface area contributed by atoms with E-state index in [1.165, 1.54) is 41.6 Å². The van der Waals surface area contributed by atoms with Crippen LogP contribution in [0, 0.1) is 5.92 Å². The van der Waals surface area contributed by atoms with E-state index in [-0.39, 0.29) is 11.5 Å². The maximum Gasteiger partial charge on any atom is 0.335 e. The van der Waals surface area contributed by atoms with E-state index < -0.39 is 5.97 Å². The van der Waals surface area contributed by atoms with Crippen molar-refractivity contribution in [3.63, 3.8) is 0 Å². The van der Waals surface area contributed by atoms with Gasteiger partial charge >= 0.3 is 5.97 Å². The molecule has 0 saturated heterocycles. The first-order valence-electron chi connectivity index (χ1n) is 8.35. The molecule has 3 rings (SSSR count). The Hall–Kier alpha value is -2.47. The molecule has 1 atom stereocenters. The number of hydrogen-bond acceptors (Lipinski definition) is 4. The summed E-state index contributed by atoms with van der Waals surface area (Å²) in [5, 5.41) is 12.8. The summed E-state index contributed by atoms with van der Waals surface area (Å²) in [5.41, 5.74) is 4.79. The lowest BCUT2D eigenvalue weighted by atomic mass is 9.87. The molecule has 25 heavy (non-hydrogen) atoms. The zero-order valence-corrected chi connectivity index (χ0v) is 14.8. The fourth-order valence-electron chi connectivity index (χ4n) is 2.99. The molecule has 1 aliphatic carbocycles. The topological polar surface area (TPSA) is 78.8 Å². The number of carboxylic acids is 1. The molecular weight excluding hydrogens is 336 g/mol. The van der Waals surface area contributed by atoms with Crippen LogP contribution in [0.15, 0.2) is 35.4 Å². The van der Waals surface area contributed by atoms with Crippen molar-refractivity contribution >= 4 is 29.4 Å². The normalized spacial score (nSPS) is 16.6. The van der Waals surface area contributed by atoms with Crippen LogP contribution in [-0.4, -0.2) is 23.2 Å². The van der Waals surface area contributed by atoms with Gasteiger partial charge in [-0.3, -0.25) is 4.79 Å². The Labute approximate surface area is 150 Å². The number of carbonyl (C=O) groups is 2. The van der Waals surface area contributed by atoms with Gasteiger partial charge in [0.05, 0.1) is 16.7 Å². The molecule has 0 unspecified atom stereocenters. The zero-order valence-electron chi connectivity index (χ0n) is 14.0. The number of aryl methyl sites for hydroxylation is 1. The number of benzene rings is 1. The van der Waals surface area contributed by atoms with Crippen molar-refractivity contribution in [2.75, 3.05) is 0 Å². The highest BCUT2D eigenvalue weighted by molar-refractivity contribution is 7.14. The molecule has 1 aromatic heterocycles. The molecule has 1 amide bonds. The first-order valence-corrected chi connectivity index (χ1v) is 9.16. The van der Waals surface area contributed by atoms with Crippen LogP contribution in [-0.2, 0) is 12.8 Å². The van der Waals surface area contributed by atoms with Crippen molar-refractivity contribution in [1.82, 2.24) is 5.43 Å². The number of hydrazone groups is 1. The van der Waals surface area contributed by atoms with Crippen LogP contribution in [0.2, 0.25) is 0 Å². The minimum atomic E-state index is -0.969. The second-order valence-electron chi connectivity index (χ2n) is 6.20. The van der Waals surface area contributed by atoms with Crippen molar-refractivity contribution < 1.29 is 14.7 Å². The predicted octanol–water partition coefficient (Wildman–Crippen LogP) is 3.73. The van der Waals surface area contributed by atoms with E-state index in [1.54, 1.807) is 23.5 Å². The predicted molar refractivity (Wildman–Crippen MR) is 98.6 cm³/mol. The Bertz CT molecular complexity index is 809. The Morgan fingerprint density at radius 1 is 1.36 bits per heavy atom.